The molecule has 38 heavy (non-hydrogen) atoms. The molecule has 178 valence electrons. The van der Waals surface area contributed by atoms with Crippen LogP contribution in [0.4, 0.5) is 0 Å². The molecule has 3 nitrogen and oxygen atoms in total. The maximum absolute atomic E-state index is 4.43. The predicted molar refractivity (Wildman–Crippen MR) is 158 cm³/mol. The van der Waals surface area contributed by atoms with Crippen LogP contribution in [0.1, 0.15) is 0 Å². The molecule has 0 aliphatic heterocycles. The Kier molecular flexibility index (Phi) is 4.52. The second-order valence-electron chi connectivity index (χ2n) is 9.72. The molecule has 0 saturated carbocycles. The number of benzene rings is 5. The summed E-state index contributed by atoms with van der Waals surface area (Å²) >= 11 is 0. The molecule has 0 N–H and O–H groups in total. The lowest BCUT2D eigenvalue weighted by atomic mass is 10.1. The lowest BCUT2D eigenvalue weighted by Crippen LogP contribution is -2.00. The molecule has 3 heteroatoms. The molecule has 0 amide bonds. The summed E-state index contributed by atoms with van der Waals surface area (Å²) in [7, 11) is 0. The van der Waals surface area contributed by atoms with Gasteiger partial charge in [-0.25, -0.2) is 0 Å². The molecule has 3 aromatic heterocycles. The molecule has 0 aliphatic carbocycles. The maximum Gasteiger partial charge on any atom is 0.0541 e. The highest BCUT2D eigenvalue weighted by molar-refractivity contribution is 6.10. The second kappa shape index (κ2) is 8.19. The van der Waals surface area contributed by atoms with Crippen LogP contribution in [-0.2, 0) is 0 Å². The molecule has 8 rings (SSSR count). The van der Waals surface area contributed by atoms with Crippen molar-refractivity contribution >= 4 is 43.6 Å². The highest BCUT2D eigenvalue weighted by atomic mass is 15.0. The Balaban J connectivity index is 1.51. The fourth-order valence-corrected chi connectivity index (χ4v) is 5.95. The smallest absolute Gasteiger partial charge is 0.0541 e. The van der Waals surface area contributed by atoms with Gasteiger partial charge in [0.2, 0.25) is 0 Å². The summed E-state index contributed by atoms with van der Waals surface area (Å²) in [5.74, 6) is 0. The van der Waals surface area contributed by atoms with Gasteiger partial charge in [-0.2, -0.15) is 0 Å². The first kappa shape index (κ1) is 21.0. The SMILES string of the molecule is c1cncc(-c2cc(-n3c4ccccc4c4ccccc43)cc(-n3c4ccccc4c4ccccc43)c2)c1. The zero-order chi connectivity index (χ0) is 25.1. The first-order valence-corrected chi connectivity index (χ1v) is 12.9. The van der Waals surface area contributed by atoms with E-state index in [-0.39, 0.29) is 0 Å². The van der Waals surface area contributed by atoms with Crippen molar-refractivity contribution in [3.63, 3.8) is 0 Å². The quantitative estimate of drug-likeness (QED) is 0.245. The Labute approximate surface area is 219 Å². The van der Waals surface area contributed by atoms with Crippen LogP contribution in [0.5, 0.6) is 0 Å². The van der Waals surface area contributed by atoms with Gasteiger partial charge in [-0.1, -0.05) is 78.9 Å². The van der Waals surface area contributed by atoms with Gasteiger partial charge in [0, 0.05) is 50.9 Å². The summed E-state index contributed by atoms with van der Waals surface area (Å²) in [6.45, 7) is 0. The number of hydrogen-bond donors (Lipinski definition) is 0. The zero-order valence-electron chi connectivity index (χ0n) is 20.6. The van der Waals surface area contributed by atoms with Gasteiger partial charge in [0.15, 0.2) is 0 Å². The third-order valence-electron chi connectivity index (χ3n) is 7.57. The number of para-hydroxylation sites is 4. The molecule has 0 radical (unpaired) electrons. The minimum Gasteiger partial charge on any atom is -0.309 e. The van der Waals surface area contributed by atoms with Crippen molar-refractivity contribution in [2.24, 2.45) is 0 Å². The number of nitrogens with zero attached hydrogens (tertiary/aromatic N) is 3. The van der Waals surface area contributed by atoms with Gasteiger partial charge in [-0.05, 0) is 54.1 Å². The highest BCUT2D eigenvalue weighted by Gasteiger charge is 2.16. The molecular weight excluding hydrogens is 462 g/mol. The summed E-state index contributed by atoms with van der Waals surface area (Å²) in [4.78, 5) is 4.43. The summed E-state index contributed by atoms with van der Waals surface area (Å²) in [6.07, 6.45) is 3.77. The lowest BCUT2D eigenvalue weighted by Gasteiger charge is -2.15. The Morgan fingerprint density at radius 2 is 0.816 bits per heavy atom. The first-order chi connectivity index (χ1) is 18.9. The number of hydrogen-bond acceptors (Lipinski definition) is 1. The molecular formula is C35H23N3. The molecule has 0 fully saturated rings. The van der Waals surface area contributed by atoms with Gasteiger partial charge in [0.25, 0.3) is 0 Å². The van der Waals surface area contributed by atoms with Crippen molar-refractivity contribution in [1.29, 1.82) is 0 Å². The minimum atomic E-state index is 1.09. The minimum absolute atomic E-state index is 1.09. The second-order valence-corrected chi connectivity index (χ2v) is 9.72. The Hall–Kier alpha value is -5.15. The van der Waals surface area contributed by atoms with Gasteiger partial charge in [0.05, 0.1) is 22.1 Å². The molecule has 3 heterocycles. The van der Waals surface area contributed by atoms with Crippen molar-refractivity contribution in [2.45, 2.75) is 0 Å². The Morgan fingerprint density at radius 3 is 1.21 bits per heavy atom. The van der Waals surface area contributed by atoms with E-state index in [0.717, 1.165) is 22.5 Å². The van der Waals surface area contributed by atoms with E-state index in [1.165, 1.54) is 43.6 Å². The van der Waals surface area contributed by atoms with Crippen LogP contribution in [0, 0.1) is 0 Å². The van der Waals surface area contributed by atoms with Crippen LogP contribution in [0.2, 0.25) is 0 Å². The van der Waals surface area contributed by atoms with Crippen molar-refractivity contribution in [3.05, 3.63) is 140 Å². The van der Waals surface area contributed by atoms with Gasteiger partial charge in [-0.3, -0.25) is 4.98 Å². The molecule has 0 aliphatic rings. The van der Waals surface area contributed by atoms with Crippen LogP contribution in [-0.4, -0.2) is 14.1 Å². The third kappa shape index (κ3) is 3.06. The topological polar surface area (TPSA) is 22.8 Å². The van der Waals surface area contributed by atoms with E-state index in [2.05, 4.69) is 135 Å². The molecule has 0 spiro atoms. The van der Waals surface area contributed by atoms with Crippen LogP contribution in [0.3, 0.4) is 0 Å². The molecule has 0 atom stereocenters. The fraction of sp³-hybridized carbons (Fsp3) is 0. The standard InChI is InChI=1S/C35H23N3/c1-5-15-32-28(11-1)29-12-2-6-16-33(29)37(32)26-20-25(24-10-9-19-36-23-24)21-27(22-26)38-34-17-7-3-13-30(34)31-14-4-8-18-35(31)38/h1-23H. The molecule has 5 aromatic carbocycles. The summed E-state index contributed by atoms with van der Waals surface area (Å²) in [5, 5.41) is 5.03. The maximum atomic E-state index is 4.43. The zero-order valence-corrected chi connectivity index (χ0v) is 20.6. The summed E-state index contributed by atoms with van der Waals surface area (Å²) < 4.78 is 4.78. The molecule has 0 saturated heterocycles. The average molecular weight is 486 g/mol. The van der Waals surface area contributed by atoms with E-state index in [1.54, 1.807) is 0 Å². The van der Waals surface area contributed by atoms with E-state index < -0.39 is 0 Å². The first-order valence-electron chi connectivity index (χ1n) is 12.9. The van der Waals surface area contributed by atoms with Crippen LogP contribution >= 0.6 is 0 Å². The number of pyridine rings is 1. The van der Waals surface area contributed by atoms with Crippen molar-refractivity contribution < 1.29 is 0 Å². The lowest BCUT2D eigenvalue weighted by molar-refractivity contribution is 1.13. The van der Waals surface area contributed by atoms with Crippen LogP contribution in [0.25, 0.3) is 66.1 Å². The van der Waals surface area contributed by atoms with E-state index in [1.807, 2.05) is 18.5 Å². The van der Waals surface area contributed by atoms with Gasteiger partial charge >= 0.3 is 0 Å². The van der Waals surface area contributed by atoms with Gasteiger partial charge < -0.3 is 9.13 Å². The van der Waals surface area contributed by atoms with E-state index >= 15 is 0 Å². The molecule has 0 unspecified atom stereocenters. The highest BCUT2D eigenvalue weighted by Crippen LogP contribution is 2.37. The monoisotopic (exact) mass is 485 g/mol. The molecule has 0 bridgehead atoms. The van der Waals surface area contributed by atoms with Gasteiger partial charge in [-0.15, -0.1) is 0 Å². The predicted octanol–water partition coefficient (Wildman–Crippen LogP) is 8.94. The van der Waals surface area contributed by atoms with Crippen molar-refractivity contribution in [1.82, 2.24) is 14.1 Å². The summed E-state index contributed by atoms with van der Waals surface area (Å²) in [6, 6.07) is 45.7. The fourth-order valence-electron chi connectivity index (χ4n) is 5.95. The Bertz CT molecular complexity index is 1890. The van der Waals surface area contributed by atoms with Gasteiger partial charge in [0.1, 0.15) is 0 Å². The van der Waals surface area contributed by atoms with E-state index in [0.29, 0.717) is 0 Å². The number of fused-ring (bicyclic) bond motifs is 6. The molecule has 8 aromatic rings. The number of rotatable bonds is 3. The normalized spacial score (nSPS) is 11.7. The van der Waals surface area contributed by atoms with Crippen molar-refractivity contribution in [2.75, 3.05) is 0 Å². The largest absolute Gasteiger partial charge is 0.309 e. The summed E-state index contributed by atoms with van der Waals surface area (Å²) in [5.41, 5.74) is 9.28. The average Bonchev–Trinajstić information content (AvgIpc) is 3.51. The van der Waals surface area contributed by atoms with E-state index in [4.69, 9.17) is 0 Å². The third-order valence-corrected chi connectivity index (χ3v) is 7.57. The van der Waals surface area contributed by atoms with Crippen LogP contribution < -0.4 is 0 Å². The van der Waals surface area contributed by atoms with E-state index in [9.17, 15) is 0 Å². The Morgan fingerprint density at radius 1 is 0.395 bits per heavy atom. The van der Waals surface area contributed by atoms with Crippen molar-refractivity contribution in [3.8, 4) is 22.5 Å². The number of aromatic nitrogens is 3. The van der Waals surface area contributed by atoms with Crippen LogP contribution in [0.15, 0.2) is 140 Å².